The Balaban J connectivity index is 2.23. The number of allylic oxidation sites excluding steroid dienone is 2. The number of carbonyl (C=O) groups excluding carboxylic acids is 1. The fourth-order valence-electron chi connectivity index (χ4n) is 3.14. The maximum Gasteiger partial charge on any atom is 0.270 e. The van der Waals surface area contributed by atoms with E-state index in [4.69, 9.17) is 0 Å². The first-order valence-corrected chi connectivity index (χ1v) is 10.1. The first-order chi connectivity index (χ1) is 14.3. The van der Waals surface area contributed by atoms with Crippen molar-refractivity contribution in [2.45, 2.75) is 33.1 Å². The average Bonchev–Trinajstić information content (AvgIpc) is 2.73. The molecule has 1 aliphatic heterocycles. The topological polar surface area (TPSA) is 47.9 Å². The number of nitrogens with zero attached hydrogens (tertiary/aromatic N) is 3. The molecule has 0 spiro atoms. The minimum atomic E-state index is -2.87. The third-order valence-corrected chi connectivity index (χ3v) is 4.73. The summed E-state index contributed by atoms with van der Waals surface area (Å²) in [6.07, 6.45) is 7.70. The van der Waals surface area contributed by atoms with E-state index in [1.165, 1.54) is 18.2 Å². The number of amidine groups is 1. The maximum atomic E-state index is 13.5. The minimum absolute atomic E-state index is 0.0279. The summed E-state index contributed by atoms with van der Waals surface area (Å²) in [5.74, 6) is -2.19. The third-order valence-electron chi connectivity index (χ3n) is 4.73. The number of hydrogen-bond donors (Lipinski definition) is 1. The molecule has 1 aliphatic rings. The van der Waals surface area contributed by atoms with Crippen LogP contribution in [-0.4, -0.2) is 47.7 Å². The molecule has 30 heavy (non-hydrogen) atoms. The van der Waals surface area contributed by atoms with Gasteiger partial charge in [-0.05, 0) is 31.6 Å². The Morgan fingerprint density at radius 1 is 1.20 bits per heavy atom. The van der Waals surface area contributed by atoms with E-state index in [2.05, 4.69) is 21.8 Å². The predicted octanol–water partition coefficient (Wildman–Crippen LogP) is 4.77. The van der Waals surface area contributed by atoms with Crippen molar-refractivity contribution in [3.05, 3.63) is 66.5 Å². The molecule has 1 fully saturated rings. The molecule has 5 nitrogen and oxygen atoms in total. The lowest BCUT2D eigenvalue weighted by atomic mass is 10.1. The Hall–Kier alpha value is -2.96. The molecule has 0 aliphatic carbocycles. The van der Waals surface area contributed by atoms with Crippen LogP contribution in [0.1, 0.15) is 32.8 Å². The zero-order chi connectivity index (χ0) is 22.1. The SMILES string of the molecule is C=CC(=O)N1CCN(C(=N\C=C/C)/C(=C/CC)Nc2ccc(C(C)(F)F)cc2)CC1. The monoisotopic (exact) mass is 416 g/mol. The van der Waals surface area contributed by atoms with E-state index < -0.39 is 5.92 Å². The van der Waals surface area contributed by atoms with Crippen LogP contribution in [0.25, 0.3) is 0 Å². The van der Waals surface area contributed by atoms with E-state index in [1.54, 1.807) is 23.2 Å². The van der Waals surface area contributed by atoms with E-state index in [0.29, 0.717) is 31.9 Å². The summed E-state index contributed by atoms with van der Waals surface area (Å²) in [4.78, 5) is 20.4. The predicted molar refractivity (Wildman–Crippen MR) is 119 cm³/mol. The summed E-state index contributed by atoms with van der Waals surface area (Å²) >= 11 is 0. The second-order valence-corrected chi connectivity index (χ2v) is 7.07. The number of halogens is 2. The van der Waals surface area contributed by atoms with E-state index in [0.717, 1.165) is 24.9 Å². The van der Waals surface area contributed by atoms with E-state index in [1.807, 2.05) is 26.0 Å². The molecule has 0 atom stereocenters. The summed E-state index contributed by atoms with van der Waals surface area (Å²) in [5, 5.41) is 3.32. The standard InChI is InChI=1S/C23H30F2N4O/c1-5-8-20(27-19-11-9-18(10-12-19)23(4,24)25)22(26-13-6-2)29-16-14-28(15-17-29)21(30)7-3/h6-13,27H,3,5,14-17H2,1-2,4H3/b13-6-,20-8-,26-22-. The highest BCUT2D eigenvalue weighted by Gasteiger charge is 2.25. The molecule has 1 amide bonds. The van der Waals surface area contributed by atoms with Crippen molar-refractivity contribution in [3.63, 3.8) is 0 Å². The summed E-state index contributed by atoms with van der Waals surface area (Å²) in [6, 6.07) is 6.14. The van der Waals surface area contributed by atoms with Gasteiger partial charge in [0.15, 0.2) is 5.84 Å². The number of nitrogens with one attached hydrogen (secondary N) is 1. The molecule has 1 aromatic rings. The number of alkyl halides is 2. The van der Waals surface area contributed by atoms with Crippen molar-refractivity contribution >= 4 is 17.4 Å². The molecule has 2 rings (SSSR count). The van der Waals surface area contributed by atoms with Crippen LogP contribution in [-0.2, 0) is 10.7 Å². The van der Waals surface area contributed by atoms with Crippen molar-refractivity contribution in [3.8, 4) is 0 Å². The number of rotatable bonds is 7. The van der Waals surface area contributed by atoms with Crippen LogP contribution in [0.5, 0.6) is 0 Å². The van der Waals surface area contributed by atoms with E-state index >= 15 is 0 Å². The van der Waals surface area contributed by atoms with Crippen LogP contribution in [0.15, 0.2) is 66.0 Å². The second-order valence-electron chi connectivity index (χ2n) is 7.07. The highest BCUT2D eigenvalue weighted by atomic mass is 19.3. The van der Waals surface area contributed by atoms with E-state index in [-0.39, 0.29) is 11.5 Å². The molecule has 1 heterocycles. The third kappa shape index (κ3) is 6.27. The normalized spacial score (nSPS) is 16.2. The maximum absolute atomic E-state index is 13.5. The fourth-order valence-corrected chi connectivity index (χ4v) is 3.14. The smallest absolute Gasteiger partial charge is 0.270 e. The first-order valence-electron chi connectivity index (χ1n) is 10.1. The summed E-state index contributed by atoms with van der Waals surface area (Å²) in [6.45, 7) is 10.8. The van der Waals surface area contributed by atoms with Gasteiger partial charge in [0, 0.05) is 50.6 Å². The van der Waals surface area contributed by atoms with Crippen molar-refractivity contribution in [1.82, 2.24) is 9.80 Å². The molecule has 0 aromatic heterocycles. The molecule has 0 radical (unpaired) electrons. The van der Waals surface area contributed by atoms with Gasteiger partial charge in [0.2, 0.25) is 5.91 Å². The van der Waals surface area contributed by atoms with Gasteiger partial charge in [-0.15, -0.1) is 0 Å². The first kappa shape index (κ1) is 23.3. The largest absolute Gasteiger partial charge is 0.353 e. The Bertz CT molecular complexity index is 815. The quantitative estimate of drug-likeness (QED) is 0.396. The van der Waals surface area contributed by atoms with Crippen molar-refractivity contribution < 1.29 is 13.6 Å². The van der Waals surface area contributed by atoms with Gasteiger partial charge in [0.1, 0.15) is 0 Å². The number of hydrogen-bond acceptors (Lipinski definition) is 3. The molecule has 1 saturated heterocycles. The Kier molecular flexibility index (Phi) is 8.33. The van der Waals surface area contributed by atoms with E-state index in [9.17, 15) is 13.6 Å². The van der Waals surface area contributed by atoms with Crippen LogP contribution in [0, 0.1) is 0 Å². The minimum Gasteiger partial charge on any atom is -0.353 e. The van der Waals surface area contributed by atoms with Crippen LogP contribution in [0.3, 0.4) is 0 Å². The van der Waals surface area contributed by atoms with Gasteiger partial charge in [-0.1, -0.05) is 37.8 Å². The second kappa shape index (κ2) is 10.7. The summed E-state index contributed by atoms with van der Waals surface area (Å²) in [7, 11) is 0. The number of aliphatic imine (C=N–C) groups is 1. The van der Waals surface area contributed by atoms with Gasteiger partial charge in [-0.25, -0.2) is 13.8 Å². The molecule has 1 aromatic carbocycles. The van der Waals surface area contributed by atoms with Crippen LogP contribution >= 0.6 is 0 Å². The Morgan fingerprint density at radius 3 is 2.30 bits per heavy atom. The molecule has 0 bridgehead atoms. The molecule has 7 heteroatoms. The van der Waals surface area contributed by atoms with Crippen LogP contribution < -0.4 is 5.32 Å². The molecule has 0 unspecified atom stereocenters. The van der Waals surface area contributed by atoms with Gasteiger partial charge in [0.05, 0.1) is 5.70 Å². The average molecular weight is 417 g/mol. The molecule has 0 saturated carbocycles. The van der Waals surface area contributed by atoms with Gasteiger partial charge in [0.25, 0.3) is 5.92 Å². The Morgan fingerprint density at radius 2 is 1.80 bits per heavy atom. The number of amides is 1. The molecular formula is C23H30F2N4O. The molecule has 162 valence electrons. The van der Waals surface area contributed by atoms with Gasteiger partial charge in [-0.3, -0.25) is 4.79 Å². The Labute approximate surface area is 177 Å². The number of piperazine rings is 1. The van der Waals surface area contributed by atoms with Crippen molar-refractivity contribution in [2.24, 2.45) is 4.99 Å². The highest BCUT2D eigenvalue weighted by Crippen LogP contribution is 2.28. The van der Waals surface area contributed by atoms with Gasteiger partial charge in [-0.2, -0.15) is 0 Å². The van der Waals surface area contributed by atoms with Crippen LogP contribution in [0.2, 0.25) is 0 Å². The molecular weight excluding hydrogens is 386 g/mol. The fraction of sp³-hybridized carbons (Fsp3) is 0.391. The lowest BCUT2D eigenvalue weighted by molar-refractivity contribution is -0.127. The van der Waals surface area contributed by atoms with Crippen molar-refractivity contribution in [2.75, 3.05) is 31.5 Å². The molecule has 1 N–H and O–H groups in total. The highest BCUT2D eigenvalue weighted by molar-refractivity contribution is 6.01. The summed E-state index contributed by atoms with van der Waals surface area (Å²) < 4.78 is 27.0. The van der Waals surface area contributed by atoms with Crippen molar-refractivity contribution in [1.29, 1.82) is 0 Å². The van der Waals surface area contributed by atoms with Crippen LogP contribution in [0.4, 0.5) is 14.5 Å². The lowest BCUT2D eigenvalue weighted by Gasteiger charge is -2.36. The number of benzene rings is 1. The number of carbonyl (C=O) groups is 1. The summed E-state index contributed by atoms with van der Waals surface area (Å²) in [5.41, 5.74) is 1.48. The zero-order valence-electron chi connectivity index (χ0n) is 17.9. The zero-order valence-corrected chi connectivity index (χ0v) is 17.9. The van der Waals surface area contributed by atoms with Gasteiger partial charge < -0.3 is 15.1 Å². The lowest BCUT2D eigenvalue weighted by Crippen LogP contribution is -2.51. The number of anilines is 1. The van der Waals surface area contributed by atoms with Gasteiger partial charge >= 0.3 is 0 Å².